The van der Waals surface area contributed by atoms with Crippen molar-refractivity contribution < 1.29 is 4.79 Å². The Balaban J connectivity index is 2.42. The van der Waals surface area contributed by atoms with E-state index in [1.165, 1.54) is 18.5 Å². The number of carbonyl (C=O) groups excluding carboxylic acids is 1. The first-order valence-corrected chi connectivity index (χ1v) is 6.26. The number of rotatable bonds is 4. The molecule has 0 saturated heterocycles. The third-order valence-electron chi connectivity index (χ3n) is 2.43. The van der Waals surface area contributed by atoms with Crippen LogP contribution in [0.1, 0.15) is 29.4 Å². The minimum Gasteiger partial charge on any atom is -0.287 e. The normalized spacial score (nSPS) is 10.6. The van der Waals surface area contributed by atoms with E-state index in [1.54, 1.807) is 10.7 Å². The van der Waals surface area contributed by atoms with E-state index >= 15 is 0 Å². The van der Waals surface area contributed by atoms with Crippen LogP contribution >= 0.6 is 23.2 Å². The minimum atomic E-state index is -0.199. The fourth-order valence-electron chi connectivity index (χ4n) is 1.65. The van der Waals surface area contributed by atoms with E-state index in [2.05, 4.69) is 10.1 Å². The Morgan fingerprint density at radius 2 is 2.22 bits per heavy atom. The van der Waals surface area contributed by atoms with E-state index in [4.69, 9.17) is 23.2 Å². The number of carbonyl (C=O) groups is 1. The molecule has 0 N–H and O–H groups in total. The molecule has 0 aromatic carbocycles. The molecule has 0 aliphatic carbocycles. The summed E-state index contributed by atoms with van der Waals surface area (Å²) in [7, 11) is 0. The van der Waals surface area contributed by atoms with Crippen molar-refractivity contribution in [3.05, 3.63) is 46.0 Å². The number of aryl methyl sites for hydroxylation is 1. The summed E-state index contributed by atoms with van der Waals surface area (Å²) in [5.74, 6) is -0.199. The molecule has 2 heterocycles. The van der Waals surface area contributed by atoms with Crippen LogP contribution in [0.5, 0.6) is 0 Å². The first-order chi connectivity index (χ1) is 8.63. The average molecular weight is 284 g/mol. The Bertz CT molecular complexity index is 580. The van der Waals surface area contributed by atoms with Gasteiger partial charge in [-0.3, -0.25) is 9.48 Å². The third-order valence-corrected chi connectivity index (χ3v) is 2.92. The first kappa shape index (κ1) is 13.1. The average Bonchev–Trinajstić information content (AvgIpc) is 2.70. The molecule has 0 aliphatic heterocycles. The van der Waals surface area contributed by atoms with Gasteiger partial charge in [0.15, 0.2) is 0 Å². The van der Waals surface area contributed by atoms with Crippen LogP contribution in [-0.2, 0) is 6.54 Å². The van der Waals surface area contributed by atoms with Gasteiger partial charge in [0.1, 0.15) is 10.8 Å². The first-order valence-electron chi connectivity index (χ1n) is 5.51. The van der Waals surface area contributed by atoms with Crippen LogP contribution in [-0.4, -0.2) is 20.5 Å². The highest BCUT2D eigenvalue weighted by Crippen LogP contribution is 2.20. The molecule has 6 heteroatoms. The van der Waals surface area contributed by atoms with E-state index < -0.39 is 0 Å². The molecule has 2 aromatic rings. The van der Waals surface area contributed by atoms with Gasteiger partial charge in [-0.1, -0.05) is 30.1 Å². The molecule has 0 fully saturated rings. The molecular weight excluding hydrogens is 273 g/mol. The SMILES string of the molecule is CCCn1ncc(Cl)c1C(=O)c1ccnc(Cl)c1. The van der Waals surface area contributed by atoms with E-state index in [0.29, 0.717) is 22.8 Å². The Morgan fingerprint density at radius 3 is 2.89 bits per heavy atom. The van der Waals surface area contributed by atoms with Crippen LogP contribution in [0.4, 0.5) is 0 Å². The highest BCUT2D eigenvalue weighted by atomic mass is 35.5. The van der Waals surface area contributed by atoms with E-state index in [1.807, 2.05) is 6.92 Å². The Morgan fingerprint density at radius 1 is 1.44 bits per heavy atom. The van der Waals surface area contributed by atoms with E-state index in [-0.39, 0.29) is 10.9 Å². The monoisotopic (exact) mass is 283 g/mol. The van der Waals surface area contributed by atoms with Crippen molar-refractivity contribution in [1.29, 1.82) is 0 Å². The lowest BCUT2D eigenvalue weighted by Gasteiger charge is -2.06. The second-order valence-corrected chi connectivity index (χ2v) is 4.56. The molecule has 0 unspecified atom stereocenters. The van der Waals surface area contributed by atoms with Gasteiger partial charge in [-0.05, 0) is 18.6 Å². The van der Waals surface area contributed by atoms with Gasteiger partial charge in [-0.2, -0.15) is 5.10 Å². The van der Waals surface area contributed by atoms with Crippen LogP contribution in [0, 0.1) is 0 Å². The van der Waals surface area contributed by atoms with Crippen molar-refractivity contribution in [3.8, 4) is 0 Å². The van der Waals surface area contributed by atoms with Gasteiger partial charge in [0.2, 0.25) is 5.78 Å². The number of ketones is 1. The molecule has 18 heavy (non-hydrogen) atoms. The Kier molecular flexibility index (Phi) is 3.99. The van der Waals surface area contributed by atoms with E-state index in [0.717, 1.165) is 6.42 Å². The summed E-state index contributed by atoms with van der Waals surface area (Å²) >= 11 is 11.8. The topological polar surface area (TPSA) is 47.8 Å². The zero-order valence-electron chi connectivity index (χ0n) is 9.73. The van der Waals surface area contributed by atoms with Gasteiger partial charge in [-0.25, -0.2) is 4.98 Å². The van der Waals surface area contributed by atoms with Gasteiger partial charge in [0.25, 0.3) is 0 Å². The molecule has 0 saturated carbocycles. The van der Waals surface area contributed by atoms with Crippen molar-refractivity contribution in [2.75, 3.05) is 0 Å². The quantitative estimate of drug-likeness (QED) is 0.639. The van der Waals surface area contributed by atoms with Crippen LogP contribution in [0.25, 0.3) is 0 Å². The predicted octanol–water partition coefficient (Wildman–Crippen LogP) is 3.23. The van der Waals surface area contributed by atoms with Gasteiger partial charge >= 0.3 is 0 Å². The zero-order valence-corrected chi connectivity index (χ0v) is 11.2. The maximum absolute atomic E-state index is 12.3. The molecule has 0 atom stereocenters. The molecule has 0 aliphatic rings. The largest absolute Gasteiger partial charge is 0.287 e. The zero-order chi connectivity index (χ0) is 13.1. The van der Waals surface area contributed by atoms with Crippen molar-refractivity contribution in [3.63, 3.8) is 0 Å². The second-order valence-electron chi connectivity index (χ2n) is 3.76. The highest BCUT2D eigenvalue weighted by Gasteiger charge is 2.19. The number of pyridine rings is 1. The number of nitrogens with zero attached hydrogens (tertiary/aromatic N) is 3. The van der Waals surface area contributed by atoms with Crippen LogP contribution < -0.4 is 0 Å². The lowest BCUT2D eigenvalue weighted by Crippen LogP contribution is -2.12. The number of halogens is 2. The molecule has 4 nitrogen and oxygen atoms in total. The standard InChI is InChI=1S/C12H11Cl2N3O/c1-2-5-17-11(9(13)7-16-17)12(18)8-3-4-15-10(14)6-8/h3-4,6-7H,2,5H2,1H3. The van der Waals surface area contributed by atoms with Crippen LogP contribution in [0.15, 0.2) is 24.5 Å². The third kappa shape index (κ3) is 2.54. The lowest BCUT2D eigenvalue weighted by atomic mass is 10.1. The van der Waals surface area contributed by atoms with Crippen molar-refractivity contribution in [2.45, 2.75) is 19.9 Å². The van der Waals surface area contributed by atoms with Gasteiger partial charge in [0.05, 0.1) is 11.2 Å². The molecule has 0 amide bonds. The van der Waals surface area contributed by atoms with Crippen molar-refractivity contribution in [1.82, 2.24) is 14.8 Å². The fourth-order valence-corrected chi connectivity index (χ4v) is 2.05. The summed E-state index contributed by atoms with van der Waals surface area (Å²) < 4.78 is 1.61. The molecule has 0 radical (unpaired) electrons. The lowest BCUT2D eigenvalue weighted by molar-refractivity contribution is 0.102. The number of hydrogen-bond donors (Lipinski definition) is 0. The summed E-state index contributed by atoms with van der Waals surface area (Å²) in [6.07, 6.45) is 3.84. The fraction of sp³-hybridized carbons (Fsp3) is 0.250. The van der Waals surface area contributed by atoms with Crippen molar-refractivity contribution in [2.24, 2.45) is 0 Å². The van der Waals surface area contributed by atoms with Crippen LogP contribution in [0.2, 0.25) is 10.2 Å². The van der Waals surface area contributed by atoms with Gasteiger partial charge < -0.3 is 0 Å². The van der Waals surface area contributed by atoms with E-state index in [9.17, 15) is 4.79 Å². The molecule has 2 aromatic heterocycles. The van der Waals surface area contributed by atoms with Crippen LogP contribution in [0.3, 0.4) is 0 Å². The Hall–Kier alpha value is -1.39. The Labute approximate surface area is 115 Å². The molecular formula is C12H11Cl2N3O. The molecule has 94 valence electrons. The summed E-state index contributed by atoms with van der Waals surface area (Å²) in [5.41, 5.74) is 0.843. The van der Waals surface area contributed by atoms with Gasteiger partial charge in [-0.15, -0.1) is 0 Å². The summed E-state index contributed by atoms with van der Waals surface area (Å²) in [6.45, 7) is 2.65. The molecule has 0 bridgehead atoms. The smallest absolute Gasteiger partial charge is 0.212 e. The van der Waals surface area contributed by atoms with Gasteiger partial charge in [0, 0.05) is 18.3 Å². The summed E-state index contributed by atoms with van der Waals surface area (Å²) in [5, 5.41) is 4.71. The highest BCUT2D eigenvalue weighted by molar-refractivity contribution is 6.34. The number of aromatic nitrogens is 3. The molecule has 0 spiro atoms. The minimum absolute atomic E-state index is 0.199. The number of hydrogen-bond acceptors (Lipinski definition) is 3. The summed E-state index contributed by atoms with van der Waals surface area (Å²) in [4.78, 5) is 16.2. The maximum Gasteiger partial charge on any atom is 0.212 e. The predicted molar refractivity (Wildman–Crippen MR) is 70.2 cm³/mol. The summed E-state index contributed by atoms with van der Waals surface area (Å²) in [6, 6.07) is 3.12. The second kappa shape index (κ2) is 5.50. The maximum atomic E-state index is 12.3. The molecule has 2 rings (SSSR count). The van der Waals surface area contributed by atoms with Crippen molar-refractivity contribution >= 4 is 29.0 Å².